The molecule has 1 fully saturated rings. The first-order valence-electron chi connectivity index (χ1n) is 5.94. The molecule has 0 aromatic heterocycles. The maximum Gasteiger partial charge on any atom is 0.393 e. The van der Waals surface area contributed by atoms with E-state index in [0.29, 0.717) is 10.9 Å². The van der Waals surface area contributed by atoms with Gasteiger partial charge in [0, 0.05) is 19.7 Å². The molecule has 2 atom stereocenters. The van der Waals surface area contributed by atoms with Crippen molar-refractivity contribution >= 4 is 16.0 Å². The van der Waals surface area contributed by atoms with Crippen molar-refractivity contribution in [3.63, 3.8) is 0 Å². The summed E-state index contributed by atoms with van der Waals surface area (Å²) in [4.78, 5) is 10.8. The number of ether oxygens (including phenoxy) is 1. The molecule has 1 aliphatic rings. The van der Waals surface area contributed by atoms with E-state index in [2.05, 4.69) is 0 Å². The van der Waals surface area contributed by atoms with Crippen molar-refractivity contribution in [3.05, 3.63) is 0 Å². The van der Waals surface area contributed by atoms with Crippen LogP contribution in [-0.2, 0) is 19.6 Å². The molecule has 10 heteroatoms. The van der Waals surface area contributed by atoms with Crippen LogP contribution in [-0.4, -0.2) is 62.0 Å². The van der Waals surface area contributed by atoms with Crippen molar-refractivity contribution in [1.82, 2.24) is 4.31 Å². The van der Waals surface area contributed by atoms with Gasteiger partial charge in [0.2, 0.25) is 10.0 Å². The summed E-state index contributed by atoms with van der Waals surface area (Å²) in [6, 6.07) is 0. The average Bonchev–Trinajstić information content (AvgIpc) is 2.74. The predicted octanol–water partition coefficient (Wildman–Crippen LogP) is 0.548. The second kappa shape index (κ2) is 6.27. The Morgan fingerprint density at radius 3 is 2.40 bits per heavy atom. The van der Waals surface area contributed by atoms with Crippen molar-refractivity contribution in [2.24, 2.45) is 11.8 Å². The number of aliphatic carboxylic acids is 1. The summed E-state index contributed by atoms with van der Waals surface area (Å²) >= 11 is 0. The lowest BCUT2D eigenvalue weighted by Crippen LogP contribution is -2.35. The first-order valence-corrected chi connectivity index (χ1v) is 7.55. The molecule has 20 heavy (non-hydrogen) atoms. The molecule has 0 spiro atoms. The van der Waals surface area contributed by atoms with Crippen LogP contribution in [0.1, 0.15) is 6.92 Å². The van der Waals surface area contributed by atoms with Crippen LogP contribution in [0.3, 0.4) is 0 Å². The zero-order chi connectivity index (χ0) is 15.6. The summed E-state index contributed by atoms with van der Waals surface area (Å²) in [6.07, 6.45) is -4.74. The lowest BCUT2D eigenvalue weighted by Gasteiger charge is -2.18. The molecule has 1 rings (SSSR count). The minimum atomic E-state index is -4.74. The summed E-state index contributed by atoms with van der Waals surface area (Å²) in [6.45, 7) is 0.299. The molecule has 1 heterocycles. The topological polar surface area (TPSA) is 83.9 Å². The molecular formula is C10H16F3NO5S. The van der Waals surface area contributed by atoms with Gasteiger partial charge in [0.1, 0.15) is 0 Å². The molecule has 0 unspecified atom stereocenters. The molecule has 0 radical (unpaired) electrons. The molecule has 0 aromatic rings. The Balaban J connectivity index is 2.82. The van der Waals surface area contributed by atoms with Gasteiger partial charge in [0.25, 0.3) is 0 Å². The number of sulfonamides is 1. The predicted molar refractivity (Wildman–Crippen MR) is 62.5 cm³/mol. The van der Waals surface area contributed by atoms with Crippen LogP contribution >= 0.6 is 0 Å². The SMILES string of the molecule is CCOCCS(=O)(=O)N1C[C@@H](C(F)(F)F)[C@H](C(=O)O)C1. The summed E-state index contributed by atoms with van der Waals surface area (Å²) in [5.41, 5.74) is 0. The summed E-state index contributed by atoms with van der Waals surface area (Å²) in [5.74, 6) is -6.05. The number of nitrogens with zero attached hydrogens (tertiary/aromatic N) is 1. The summed E-state index contributed by atoms with van der Waals surface area (Å²) in [5, 5.41) is 8.80. The van der Waals surface area contributed by atoms with E-state index in [4.69, 9.17) is 9.84 Å². The highest BCUT2D eigenvalue weighted by Crippen LogP contribution is 2.38. The second-order valence-electron chi connectivity index (χ2n) is 4.42. The highest BCUT2D eigenvalue weighted by molar-refractivity contribution is 7.89. The van der Waals surface area contributed by atoms with Crippen LogP contribution in [0, 0.1) is 11.8 Å². The molecule has 118 valence electrons. The summed E-state index contributed by atoms with van der Waals surface area (Å²) in [7, 11) is -3.95. The van der Waals surface area contributed by atoms with Crippen molar-refractivity contribution in [2.45, 2.75) is 13.1 Å². The van der Waals surface area contributed by atoms with E-state index in [9.17, 15) is 26.4 Å². The van der Waals surface area contributed by atoms with Crippen LogP contribution in [0.2, 0.25) is 0 Å². The number of carboxylic acid groups (broad SMARTS) is 1. The van der Waals surface area contributed by atoms with Gasteiger partial charge in [0.05, 0.1) is 24.2 Å². The van der Waals surface area contributed by atoms with Crippen LogP contribution < -0.4 is 0 Å². The van der Waals surface area contributed by atoms with Gasteiger partial charge in [0.15, 0.2) is 0 Å². The van der Waals surface area contributed by atoms with Gasteiger partial charge in [-0.2, -0.15) is 13.2 Å². The van der Waals surface area contributed by atoms with E-state index >= 15 is 0 Å². The van der Waals surface area contributed by atoms with E-state index in [1.165, 1.54) is 0 Å². The highest BCUT2D eigenvalue weighted by atomic mass is 32.2. The Hall–Kier alpha value is -0.870. The smallest absolute Gasteiger partial charge is 0.393 e. The van der Waals surface area contributed by atoms with Gasteiger partial charge in [-0.25, -0.2) is 12.7 Å². The van der Waals surface area contributed by atoms with Gasteiger partial charge >= 0.3 is 12.1 Å². The number of hydrogen-bond acceptors (Lipinski definition) is 4. The van der Waals surface area contributed by atoms with Crippen molar-refractivity contribution in [2.75, 3.05) is 32.1 Å². The van der Waals surface area contributed by atoms with E-state index in [0.717, 1.165) is 0 Å². The van der Waals surface area contributed by atoms with Crippen LogP contribution in [0.4, 0.5) is 13.2 Å². The Kier molecular flexibility index (Phi) is 5.39. The molecule has 1 saturated heterocycles. The Bertz CT molecular complexity index is 450. The maximum atomic E-state index is 12.7. The molecule has 0 bridgehead atoms. The molecule has 0 aliphatic carbocycles. The minimum absolute atomic E-state index is 0.135. The zero-order valence-electron chi connectivity index (χ0n) is 10.8. The largest absolute Gasteiger partial charge is 0.481 e. The first kappa shape index (κ1) is 17.2. The molecule has 0 saturated carbocycles. The quantitative estimate of drug-likeness (QED) is 0.723. The van der Waals surface area contributed by atoms with Crippen LogP contribution in [0.15, 0.2) is 0 Å². The normalized spacial score (nSPS) is 25.0. The van der Waals surface area contributed by atoms with Crippen molar-refractivity contribution in [3.8, 4) is 0 Å². The van der Waals surface area contributed by atoms with Gasteiger partial charge in [-0.15, -0.1) is 0 Å². The van der Waals surface area contributed by atoms with Crippen LogP contribution in [0.5, 0.6) is 0 Å². The molecule has 0 aromatic carbocycles. The van der Waals surface area contributed by atoms with Gasteiger partial charge in [-0.1, -0.05) is 0 Å². The second-order valence-corrected chi connectivity index (χ2v) is 6.51. The van der Waals surface area contributed by atoms with E-state index in [-0.39, 0.29) is 6.61 Å². The molecule has 1 aliphatic heterocycles. The van der Waals surface area contributed by atoms with Gasteiger partial charge in [-0.3, -0.25) is 4.79 Å². The third-order valence-corrected chi connectivity index (χ3v) is 4.87. The number of hydrogen-bond donors (Lipinski definition) is 1. The average molecular weight is 319 g/mol. The van der Waals surface area contributed by atoms with Crippen molar-refractivity contribution in [1.29, 1.82) is 0 Å². The van der Waals surface area contributed by atoms with Crippen LogP contribution in [0.25, 0.3) is 0 Å². The number of rotatable bonds is 6. The molecule has 6 nitrogen and oxygen atoms in total. The van der Waals surface area contributed by atoms with Gasteiger partial charge < -0.3 is 9.84 Å². The Labute approximate surface area is 114 Å². The number of halogens is 3. The fraction of sp³-hybridized carbons (Fsp3) is 0.900. The fourth-order valence-electron chi connectivity index (χ4n) is 2.01. The van der Waals surface area contributed by atoms with Gasteiger partial charge in [-0.05, 0) is 6.92 Å². The number of alkyl halides is 3. The van der Waals surface area contributed by atoms with Crippen molar-refractivity contribution < 1.29 is 36.2 Å². The lowest BCUT2D eigenvalue weighted by atomic mass is 9.96. The number of carboxylic acids is 1. The minimum Gasteiger partial charge on any atom is -0.481 e. The van der Waals surface area contributed by atoms with E-state index < -0.39 is 52.8 Å². The van der Waals surface area contributed by atoms with E-state index in [1.807, 2.05) is 0 Å². The molecule has 1 N–H and O–H groups in total. The fourth-order valence-corrected chi connectivity index (χ4v) is 3.38. The standard InChI is InChI=1S/C10H16F3NO5S/c1-2-19-3-4-20(17,18)14-5-7(9(15)16)8(6-14)10(11,12)13/h7-8H,2-6H2,1H3,(H,15,16)/t7-,8-/m1/s1. The molecule has 0 amide bonds. The number of carbonyl (C=O) groups is 1. The maximum absolute atomic E-state index is 12.7. The Morgan fingerprint density at radius 1 is 1.40 bits per heavy atom. The lowest BCUT2D eigenvalue weighted by molar-refractivity contribution is -0.187. The third-order valence-electron chi connectivity index (χ3n) is 3.11. The Morgan fingerprint density at radius 2 is 2.00 bits per heavy atom. The monoisotopic (exact) mass is 319 g/mol. The van der Waals surface area contributed by atoms with E-state index in [1.54, 1.807) is 6.92 Å². The molecular weight excluding hydrogens is 303 g/mol. The third kappa shape index (κ3) is 4.06. The first-order chi connectivity index (χ1) is 9.09. The summed E-state index contributed by atoms with van der Waals surface area (Å²) < 4.78 is 67.3. The zero-order valence-corrected chi connectivity index (χ0v) is 11.6. The highest BCUT2D eigenvalue weighted by Gasteiger charge is 2.54.